The number of nitrogens with two attached hydrogens (primary N) is 1. The van der Waals surface area contributed by atoms with E-state index >= 15 is 0 Å². The second kappa shape index (κ2) is 13.8. The van der Waals surface area contributed by atoms with Gasteiger partial charge in [-0.25, -0.2) is 0 Å². The van der Waals surface area contributed by atoms with Crippen molar-refractivity contribution in [2.75, 3.05) is 45.0 Å². The molecule has 1 amide bonds. The predicted molar refractivity (Wildman–Crippen MR) is 151 cm³/mol. The Kier molecular flexibility index (Phi) is 10.5. The average Bonchev–Trinajstić information content (AvgIpc) is 2.93. The van der Waals surface area contributed by atoms with Gasteiger partial charge in [-0.15, -0.1) is 0 Å². The molecule has 1 heterocycles. The maximum Gasteiger partial charge on any atom is 0.253 e. The van der Waals surface area contributed by atoms with Crippen molar-refractivity contribution in [3.63, 3.8) is 0 Å². The van der Waals surface area contributed by atoms with Crippen LogP contribution in [0.15, 0.2) is 78.9 Å². The average molecular weight is 487 g/mol. The maximum atomic E-state index is 12.8. The highest BCUT2D eigenvalue weighted by Gasteiger charge is 2.27. The summed E-state index contributed by atoms with van der Waals surface area (Å²) in [6.45, 7) is 14.5. The van der Waals surface area contributed by atoms with Crippen LogP contribution < -0.4 is 5.73 Å². The first kappa shape index (κ1) is 27.4. The van der Waals surface area contributed by atoms with Crippen LogP contribution >= 0.6 is 0 Å². The summed E-state index contributed by atoms with van der Waals surface area (Å²) in [6.07, 6.45) is 0. The third kappa shape index (κ3) is 6.96. The topological polar surface area (TPSA) is 52.8 Å². The lowest BCUT2D eigenvalue weighted by atomic mass is 9.95. The van der Waals surface area contributed by atoms with Crippen molar-refractivity contribution in [3.05, 3.63) is 101 Å². The third-order valence-electron chi connectivity index (χ3n) is 6.77. The predicted octanol–water partition coefficient (Wildman–Crippen LogP) is 5.68. The molecule has 3 aromatic carbocycles. The van der Waals surface area contributed by atoms with Gasteiger partial charge < -0.3 is 10.6 Å². The molecule has 0 aliphatic carbocycles. The molecule has 0 spiro atoms. The lowest BCUT2D eigenvalue weighted by Gasteiger charge is -2.40. The first-order valence-electron chi connectivity index (χ1n) is 13.3. The number of benzene rings is 3. The van der Waals surface area contributed by atoms with Gasteiger partial charge in [0.2, 0.25) is 0 Å². The molecule has 5 heteroatoms. The SMILES string of the molecule is CC.CCN(CC)C(=O)c1ccc(C(c2cccc(N)c2)N2CCN(Cc3ccccc3)CC2)cc1. The van der Waals surface area contributed by atoms with E-state index in [0.29, 0.717) is 0 Å². The van der Waals surface area contributed by atoms with Crippen molar-refractivity contribution in [3.8, 4) is 0 Å². The first-order valence-corrected chi connectivity index (χ1v) is 13.3. The van der Waals surface area contributed by atoms with Gasteiger partial charge in [0, 0.05) is 57.1 Å². The molecule has 1 aliphatic heterocycles. The number of nitrogen functional groups attached to an aromatic ring is 1. The zero-order chi connectivity index (χ0) is 25.9. The van der Waals surface area contributed by atoms with E-state index in [0.717, 1.165) is 57.1 Å². The van der Waals surface area contributed by atoms with E-state index in [1.807, 2.05) is 56.9 Å². The molecule has 0 radical (unpaired) electrons. The highest BCUT2D eigenvalue weighted by atomic mass is 16.2. The first-order chi connectivity index (χ1) is 17.6. The molecular weight excluding hydrogens is 444 g/mol. The molecule has 5 nitrogen and oxygen atoms in total. The minimum Gasteiger partial charge on any atom is -0.399 e. The second-order valence-electron chi connectivity index (χ2n) is 8.97. The van der Waals surface area contributed by atoms with Crippen molar-refractivity contribution >= 4 is 11.6 Å². The Hall–Kier alpha value is -3.15. The van der Waals surface area contributed by atoms with E-state index in [4.69, 9.17) is 5.73 Å². The van der Waals surface area contributed by atoms with E-state index in [-0.39, 0.29) is 11.9 Å². The number of anilines is 1. The van der Waals surface area contributed by atoms with Gasteiger partial charge >= 0.3 is 0 Å². The van der Waals surface area contributed by atoms with Crippen LogP contribution in [0.2, 0.25) is 0 Å². The smallest absolute Gasteiger partial charge is 0.253 e. The zero-order valence-electron chi connectivity index (χ0n) is 22.4. The zero-order valence-corrected chi connectivity index (χ0v) is 22.4. The molecule has 1 atom stereocenters. The van der Waals surface area contributed by atoms with Gasteiger partial charge in [-0.2, -0.15) is 0 Å². The Morgan fingerprint density at radius 1 is 0.833 bits per heavy atom. The largest absolute Gasteiger partial charge is 0.399 e. The summed E-state index contributed by atoms with van der Waals surface area (Å²) in [5, 5.41) is 0. The fourth-order valence-electron chi connectivity index (χ4n) is 4.87. The van der Waals surface area contributed by atoms with Crippen molar-refractivity contribution in [2.24, 2.45) is 0 Å². The lowest BCUT2D eigenvalue weighted by Crippen LogP contribution is -2.47. The number of carbonyl (C=O) groups is 1. The Morgan fingerprint density at radius 3 is 2.06 bits per heavy atom. The van der Waals surface area contributed by atoms with Crippen molar-refractivity contribution < 1.29 is 4.79 Å². The number of hydrogen-bond acceptors (Lipinski definition) is 4. The van der Waals surface area contributed by atoms with Gasteiger partial charge in [0.15, 0.2) is 0 Å². The highest BCUT2D eigenvalue weighted by molar-refractivity contribution is 5.94. The van der Waals surface area contributed by atoms with Crippen LogP contribution in [0.5, 0.6) is 0 Å². The number of nitrogens with zero attached hydrogens (tertiary/aromatic N) is 3. The van der Waals surface area contributed by atoms with Crippen LogP contribution in [-0.2, 0) is 6.54 Å². The molecule has 192 valence electrons. The summed E-state index contributed by atoms with van der Waals surface area (Å²) in [6, 6.07) is 27.2. The molecule has 1 fully saturated rings. The molecule has 4 rings (SSSR count). The fraction of sp³-hybridized carbons (Fsp3) is 0.387. The van der Waals surface area contributed by atoms with Gasteiger partial charge in [-0.3, -0.25) is 14.6 Å². The summed E-state index contributed by atoms with van der Waals surface area (Å²) >= 11 is 0. The molecule has 36 heavy (non-hydrogen) atoms. The Morgan fingerprint density at radius 2 is 1.47 bits per heavy atom. The van der Waals surface area contributed by atoms with Gasteiger partial charge in [-0.1, -0.05) is 68.4 Å². The van der Waals surface area contributed by atoms with E-state index in [1.165, 1.54) is 16.7 Å². The minimum absolute atomic E-state index is 0.0894. The number of carbonyl (C=O) groups excluding carboxylic acids is 1. The standard InChI is InChI=1S/C29H36N4O.C2H6/c1-3-32(4-2)29(34)25-15-13-24(14-16-25)28(26-11-8-12-27(30)21-26)33-19-17-31(18-20-33)22-23-9-6-5-7-10-23;1-2/h5-16,21,28H,3-4,17-20,22,30H2,1-2H3;1-2H3. The number of hydrogen-bond donors (Lipinski definition) is 1. The molecule has 0 bridgehead atoms. The molecule has 1 saturated heterocycles. The van der Waals surface area contributed by atoms with Crippen LogP contribution in [-0.4, -0.2) is 59.9 Å². The molecule has 1 aliphatic rings. The Labute approximate surface area is 217 Å². The second-order valence-corrected chi connectivity index (χ2v) is 8.97. The normalized spacial score (nSPS) is 15.0. The summed E-state index contributed by atoms with van der Waals surface area (Å²) in [4.78, 5) is 19.7. The minimum atomic E-state index is 0.0894. The van der Waals surface area contributed by atoms with Crippen molar-refractivity contribution in [2.45, 2.75) is 40.3 Å². The molecule has 1 unspecified atom stereocenters. The van der Waals surface area contributed by atoms with Crippen molar-refractivity contribution in [1.29, 1.82) is 0 Å². The van der Waals surface area contributed by atoms with E-state index in [1.54, 1.807) is 0 Å². The van der Waals surface area contributed by atoms with Crippen LogP contribution in [0.25, 0.3) is 0 Å². The monoisotopic (exact) mass is 486 g/mol. The number of amides is 1. The summed E-state index contributed by atoms with van der Waals surface area (Å²) in [5.74, 6) is 0.0894. The van der Waals surface area contributed by atoms with Crippen LogP contribution in [0.3, 0.4) is 0 Å². The van der Waals surface area contributed by atoms with E-state index in [2.05, 4.69) is 64.4 Å². The summed E-state index contributed by atoms with van der Waals surface area (Å²) in [5.41, 5.74) is 11.4. The molecule has 3 aromatic rings. The highest BCUT2D eigenvalue weighted by Crippen LogP contribution is 2.31. The Balaban J connectivity index is 0.00000176. The van der Waals surface area contributed by atoms with E-state index in [9.17, 15) is 4.79 Å². The molecule has 0 saturated carbocycles. The lowest BCUT2D eigenvalue weighted by molar-refractivity contribution is 0.0773. The van der Waals surface area contributed by atoms with Crippen molar-refractivity contribution in [1.82, 2.24) is 14.7 Å². The van der Waals surface area contributed by atoms with Crippen LogP contribution in [0, 0.1) is 0 Å². The summed E-state index contributed by atoms with van der Waals surface area (Å²) < 4.78 is 0. The molecule has 2 N–H and O–H groups in total. The van der Waals surface area contributed by atoms with Gasteiger partial charge in [0.05, 0.1) is 6.04 Å². The quantitative estimate of drug-likeness (QED) is 0.416. The summed E-state index contributed by atoms with van der Waals surface area (Å²) in [7, 11) is 0. The van der Waals surface area contributed by atoms with Gasteiger partial charge in [-0.05, 0) is 54.8 Å². The Bertz CT molecular complexity index is 1060. The van der Waals surface area contributed by atoms with Gasteiger partial charge in [0.1, 0.15) is 0 Å². The maximum absolute atomic E-state index is 12.8. The van der Waals surface area contributed by atoms with Crippen LogP contribution in [0.4, 0.5) is 5.69 Å². The molecule has 0 aromatic heterocycles. The fourth-order valence-corrected chi connectivity index (χ4v) is 4.87. The van der Waals surface area contributed by atoms with Crippen LogP contribution in [0.1, 0.15) is 60.8 Å². The van der Waals surface area contributed by atoms with E-state index < -0.39 is 0 Å². The number of rotatable bonds is 8. The molecular formula is C31H42N4O. The third-order valence-corrected chi connectivity index (χ3v) is 6.77. The van der Waals surface area contributed by atoms with Gasteiger partial charge in [0.25, 0.3) is 5.91 Å². The number of piperazine rings is 1.